The second kappa shape index (κ2) is 10.9. The van der Waals surface area contributed by atoms with Crippen LogP contribution in [0.15, 0.2) is 42.5 Å². The maximum Gasteiger partial charge on any atom is 0.220 e. The largest absolute Gasteiger partial charge is 0.493 e. The molecular weight excluding hydrogens is 364 g/mol. The molecule has 1 fully saturated rings. The smallest absolute Gasteiger partial charge is 0.220 e. The number of ether oxygens (including phenoxy) is 2. The van der Waals surface area contributed by atoms with Gasteiger partial charge in [-0.25, -0.2) is 0 Å². The van der Waals surface area contributed by atoms with Crippen molar-refractivity contribution in [3.8, 4) is 11.5 Å². The number of aryl methyl sites for hydroxylation is 1. The molecule has 1 saturated heterocycles. The summed E-state index contributed by atoms with van der Waals surface area (Å²) in [6, 6.07) is 14.3. The summed E-state index contributed by atoms with van der Waals surface area (Å²) in [5.41, 5.74) is 3.53. The van der Waals surface area contributed by atoms with E-state index in [0.29, 0.717) is 30.9 Å². The van der Waals surface area contributed by atoms with Gasteiger partial charge in [0.25, 0.3) is 0 Å². The molecule has 1 amide bonds. The third-order valence-electron chi connectivity index (χ3n) is 5.42. The zero-order valence-electron chi connectivity index (χ0n) is 17.6. The highest BCUT2D eigenvalue weighted by molar-refractivity contribution is 5.76. The van der Waals surface area contributed by atoms with Crippen LogP contribution in [0.1, 0.15) is 42.4 Å². The van der Waals surface area contributed by atoms with Gasteiger partial charge in [0, 0.05) is 19.5 Å². The Hall–Kier alpha value is -2.53. The van der Waals surface area contributed by atoms with Crippen molar-refractivity contribution in [2.75, 3.05) is 27.3 Å². The summed E-state index contributed by atoms with van der Waals surface area (Å²) < 4.78 is 10.6. The molecule has 5 heteroatoms. The monoisotopic (exact) mass is 396 g/mol. The van der Waals surface area contributed by atoms with Crippen LogP contribution in [0.5, 0.6) is 11.5 Å². The molecule has 1 heterocycles. The molecule has 29 heavy (non-hydrogen) atoms. The molecule has 2 aromatic carbocycles. The molecule has 0 aliphatic carbocycles. The van der Waals surface area contributed by atoms with Crippen LogP contribution in [0.2, 0.25) is 0 Å². The van der Waals surface area contributed by atoms with Crippen molar-refractivity contribution in [1.29, 1.82) is 0 Å². The van der Waals surface area contributed by atoms with Crippen LogP contribution in [0, 0.1) is 0 Å². The Morgan fingerprint density at radius 3 is 2.45 bits per heavy atom. The molecule has 156 valence electrons. The molecule has 0 saturated carbocycles. The first-order valence-corrected chi connectivity index (χ1v) is 10.5. The highest BCUT2D eigenvalue weighted by Crippen LogP contribution is 2.27. The second-order valence-electron chi connectivity index (χ2n) is 7.62. The Labute approximate surface area is 174 Å². The predicted molar refractivity (Wildman–Crippen MR) is 115 cm³/mol. The molecule has 0 bridgehead atoms. The highest BCUT2D eigenvalue weighted by atomic mass is 16.5. The zero-order valence-corrected chi connectivity index (χ0v) is 17.6. The summed E-state index contributed by atoms with van der Waals surface area (Å²) in [5, 5.41) is 3.04. The molecule has 1 N–H and O–H groups in total. The number of rotatable bonds is 9. The van der Waals surface area contributed by atoms with E-state index in [1.54, 1.807) is 14.2 Å². The molecule has 2 aromatic rings. The highest BCUT2D eigenvalue weighted by Gasteiger charge is 2.11. The first kappa shape index (κ1) is 21.2. The van der Waals surface area contributed by atoms with Crippen molar-refractivity contribution in [3.05, 3.63) is 59.2 Å². The van der Waals surface area contributed by atoms with E-state index in [-0.39, 0.29) is 5.91 Å². The Morgan fingerprint density at radius 1 is 0.931 bits per heavy atom. The van der Waals surface area contributed by atoms with Gasteiger partial charge in [0.15, 0.2) is 11.5 Å². The lowest BCUT2D eigenvalue weighted by molar-refractivity contribution is -0.121. The topological polar surface area (TPSA) is 50.8 Å². The molecule has 0 radical (unpaired) electrons. The maximum atomic E-state index is 12.3. The molecule has 3 rings (SSSR count). The van der Waals surface area contributed by atoms with E-state index in [1.807, 2.05) is 18.2 Å². The predicted octanol–water partition coefficient (Wildman–Crippen LogP) is 3.94. The number of nitrogens with zero attached hydrogens (tertiary/aromatic N) is 1. The fraction of sp³-hybridized carbons (Fsp3) is 0.458. The van der Waals surface area contributed by atoms with Crippen molar-refractivity contribution in [1.82, 2.24) is 10.2 Å². The van der Waals surface area contributed by atoms with Crippen LogP contribution in [0.25, 0.3) is 0 Å². The minimum Gasteiger partial charge on any atom is -0.493 e. The van der Waals surface area contributed by atoms with Crippen molar-refractivity contribution in [3.63, 3.8) is 0 Å². The quantitative estimate of drug-likeness (QED) is 0.698. The van der Waals surface area contributed by atoms with Crippen LogP contribution < -0.4 is 14.8 Å². The van der Waals surface area contributed by atoms with Gasteiger partial charge in [-0.05, 0) is 61.2 Å². The van der Waals surface area contributed by atoms with Gasteiger partial charge in [-0.3, -0.25) is 9.69 Å². The maximum absolute atomic E-state index is 12.3. The molecule has 1 aliphatic heterocycles. The van der Waals surface area contributed by atoms with Gasteiger partial charge in [0.05, 0.1) is 14.2 Å². The van der Waals surface area contributed by atoms with E-state index >= 15 is 0 Å². The first-order chi connectivity index (χ1) is 14.2. The number of methoxy groups -OCH3 is 2. The number of benzene rings is 2. The van der Waals surface area contributed by atoms with Gasteiger partial charge in [-0.2, -0.15) is 0 Å². The average Bonchev–Trinajstić information content (AvgIpc) is 2.77. The van der Waals surface area contributed by atoms with E-state index in [1.165, 1.54) is 37.9 Å². The fourth-order valence-corrected chi connectivity index (χ4v) is 3.80. The summed E-state index contributed by atoms with van der Waals surface area (Å²) in [5.74, 6) is 1.45. The van der Waals surface area contributed by atoms with E-state index in [0.717, 1.165) is 17.7 Å². The number of carbonyl (C=O) groups is 1. The van der Waals surface area contributed by atoms with Gasteiger partial charge >= 0.3 is 0 Å². The summed E-state index contributed by atoms with van der Waals surface area (Å²) in [6.07, 6.45) is 5.07. The minimum atomic E-state index is 0.0567. The zero-order chi connectivity index (χ0) is 20.5. The van der Waals surface area contributed by atoms with E-state index in [9.17, 15) is 4.79 Å². The molecular formula is C24H32N2O3. The summed E-state index contributed by atoms with van der Waals surface area (Å²) in [6.45, 7) is 3.95. The molecule has 0 aromatic heterocycles. The minimum absolute atomic E-state index is 0.0567. The number of nitrogens with one attached hydrogen (secondary N) is 1. The number of likely N-dealkylation sites (tertiary alicyclic amines) is 1. The van der Waals surface area contributed by atoms with E-state index < -0.39 is 0 Å². The molecule has 0 spiro atoms. The van der Waals surface area contributed by atoms with E-state index in [4.69, 9.17) is 9.47 Å². The summed E-state index contributed by atoms with van der Waals surface area (Å²) in [7, 11) is 3.24. The van der Waals surface area contributed by atoms with Crippen molar-refractivity contribution in [2.24, 2.45) is 0 Å². The fourth-order valence-electron chi connectivity index (χ4n) is 3.80. The van der Waals surface area contributed by atoms with Crippen LogP contribution >= 0.6 is 0 Å². The number of amides is 1. The van der Waals surface area contributed by atoms with Gasteiger partial charge in [0.2, 0.25) is 5.91 Å². The lowest BCUT2D eigenvalue weighted by atomic mass is 10.1. The lowest BCUT2D eigenvalue weighted by Crippen LogP contribution is -2.29. The summed E-state index contributed by atoms with van der Waals surface area (Å²) in [4.78, 5) is 14.8. The Balaban J connectivity index is 1.46. The SMILES string of the molecule is COc1ccc(CCC(=O)NCc2cccc(CN3CCCCC3)c2)cc1OC. The van der Waals surface area contributed by atoms with Gasteiger partial charge in [-0.1, -0.05) is 36.8 Å². The molecule has 0 atom stereocenters. The van der Waals surface area contributed by atoms with Crippen molar-refractivity contribution < 1.29 is 14.3 Å². The number of piperidine rings is 1. The standard InChI is InChI=1S/C24H32N2O3/c1-28-22-11-9-19(16-23(22)29-2)10-12-24(27)25-17-20-7-6-8-21(15-20)18-26-13-4-3-5-14-26/h6-9,11,15-16H,3-5,10,12-14,17-18H2,1-2H3,(H,25,27). The van der Waals surface area contributed by atoms with Crippen LogP contribution in [0.4, 0.5) is 0 Å². The third kappa shape index (κ3) is 6.50. The van der Waals surface area contributed by atoms with Crippen LogP contribution in [-0.4, -0.2) is 38.1 Å². The number of hydrogen-bond donors (Lipinski definition) is 1. The van der Waals surface area contributed by atoms with Crippen molar-refractivity contribution >= 4 is 5.91 Å². The van der Waals surface area contributed by atoms with E-state index in [2.05, 4.69) is 34.5 Å². The summed E-state index contributed by atoms with van der Waals surface area (Å²) >= 11 is 0. The molecule has 1 aliphatic rings. The van der Waals surface area contributed by atoms with Crippen LogP contribution in [-0.2, 0) is 24.3 Å². The average molecular weight is 397 g/mol. The number of carbonyl (C=O) groups excluding carboxylic acids is 1. The van der Waals surface area contributed by atoms with Gasteiger partial charge in [0.1, 0.15) is 0 Å². The van der Waals surface area contributed by atoms with Crippen LogP contribution in [0.3, 0.4) is 0 Å². The third-order valence-corrected chi connectivity index (χ3v) is 5.42. The molecule has 0 unspecified atom stereocenters. The number of hydrogen-bond acceptors (Lipinski definition) is 4. The Bertz CT molecular complexity index is 800. The normalized spacial score (nSPS) is 14.4. The first-order valence-electron chi connectivity index (χ1n) is 10.5. The Kier molecular flexibility index (Phi) is 7.94. The molecule has 5 nitrogen and oxygen atoms in total. The lowest BCUT2D eigenvalue weighted by Gasteiger charge is -2.26. The van der Waals surface area contributed by atoms with Crippen molar-refractivity contribution in [2.45, 2.75) is 45.2 Å². The van der Waals surface area contributed by atoms with Gasteiger partial charge < -0.3 is 14.8 Å². The second-order valence-corrected chi connectivity index (χ2v) is 7.62. The Morgan fingerprint density at radius 2 is 1.69 bits per heavy atom. The van der Waals surface area contributed by atoms with Gasteiger partial charge in [-0.15, -0.1) is 0 Å².